The lowest BCUT2D eigenvalue weighted by Gasteiger charge is -2.26. The molecule has 1 N–H and O–H groups in total. The summed E-state index contributed by atoms with van der Waals surface area (Å²) in [5, 5.41) is 5.79. The number of rotatable bonds is 4. The molecule has 3 rings (SSSR count). The van der Waals surface area contributed by atoms with Crippen molar-refractivity contribution in [1.82, 2.24) is 10.2 Å². The summed E-state index contributed by atoms with van der Waals surface area (Å²) in [7, 11) is 0. The number of nitrogens with zero attached hydrogens (tertiary/aromatic N) is 1. The molecule has 0 fully saturated rings. The van der Waals surface area contributed by atoms with Crippen molar-refractivity contribution in [3.8, 4) is 0 Å². The topological polar surface area (TPSA) is 15.3 Å². The number of thiophene rings is 2. The van der Waals surface area contributed by atoms with Gasteiger partial charge in [0.15, 0.2) is 0 Å². The molecular formula is C17H24N2S2. The Morgan fingerprint density at radius 2 is 2.00 bits per heavy atom. The van der Waals surface area contributed by atoms with Crippen LogP contribution in [0.25, 0.3) is 0 Å². The van der Waals surface area contributed by atoms with Crippen LogP contribution in [0.5, 0.6) is 0 Å². The third-order valence-corrected chi connectivity index (χ3v) is 5.87. The van der Waals surface area contributed by atoms with Crippen molar-refractivity contribution in [2.45, 2.75) is 52.4 Å². The van der Waals surface area contributed by atoms with Gasteiger partial charge in [0.25, 0.3) is 0 Å². The minimum absolute atomic E-state index is 0.187. The molecule has 0 aromatic carbocycles. The van der Waals surface area contributed by atoms with Crippen LogP contribution in [0.1, 0.15) is 41.0 Å². The molecule has 2 aromatic heterocycles. The highest BCUT2D eigenvalue weighted by molar-refractivity contribution is 7.12. The van der Waals surface area contributed by atoms with Crippen molar-refractivity contribution in [2.75, 3.05) is 6.54 Å². The van der Waals surface area contributed by atoms with Crippen LogP contribution in [-0.4, -0.2) is 17.0 Å². The van der Waals surface area contributed by atoms with Crippen molar-refractivity contribution in [3.63, 3.8) is 0 Å². The monoisotopic (exact) mass is 320 g/mol. The highest BCUT2D eigenvalue weighted by Crippen LogP contribution is 2.26. The Bertz CT molecular complexity index is 592. The van der Waals surface area contributed by atoms with Crippen LogP contribution in [0.2, 0.25) is 0 Å². The molecule has 1 aliphatic rings. The molecule has 114 valence electrons. The van der Waals surface area contributed by atoms with Gasteiger partial charge in [-0.2, -0.15) is 0 Å². The number of fused-ring (bicyclic) bond motifs is 1. The Morgan fingerprint density at radius 3 is 2.81 bits per heavy atom. The second-order valence-electron chi connectivity index (χ2n) is 6.80. The molecule has 0 atom stereocenters. The Morgan fingerprint density at radius 1 is 1.19 bits per heavy atom. The van der Waals surface area contributed by atoms with Crippen LogP contribution >= 0.6 is 22.7 Å². The first-order chi connectivity index (χ1) is 9.99. The van der Waals surface area contributed by atoms with Gasteiger partial charge in [-0.15, -0.1) is 22.7 Å². The van der Waals surface area contributed by atoms with Gasteiger partial charge in [-0.05, 0) is 56.3 Å². The lowest BCUT2D eigenvalue weighted by Crippen LogP contribution is -2.34. The Balaban J connectivity index is 1.56. The van der Waals surface area contributed by atoms with Crippen LogP contribution in [0.15, 0.2) is 23.6 Å². The van der Waals surface area contributed by atoms with Crippen molar-refractivity contribution >= 4 is 22.7 Å². The maximum Gasteiger partial charge on any atom is 0.0331 e. The van der Waals surface area contributed by atoms with Crippen LogP contribution in [0, 0.1) is 0 Å². The lowest BCUT2D eigenvalue weighted by molar-refractivity contribution is 0.249. The molecule has 1 aliphatic heterocycles. The highest BCUT2D eigenvalue weighted by atomic mass is 32.1. The average Bonchev–Trinajstić information content (AvgIpc) is 3.04. The van der Waals surface area contributed by atoms with Crippen LogP contribution < -0.4 is 5.32 Å². The van der Waals surface area contributed by atoms with Gasteiger partial charge in [0.1, 0.15) is 0 Å². The zero-order valence-electron chi connectivity index (χ0n) is 13.1. The summed E-state index contributed by atoms with van der Waals surface area (Å²) in [5.41, 5.74) is 1.73. The molecule has 2 nitrogen and oxygen atoms in total. The third kappa shape index (κ3) is 4.16. The van der Waals surface area contributed by atoms with E-state index in [2.05, 4.69) is 54.6 Å². The minimum atomic E-state index is 0.187. The zero-order chi connectivity index (χ0) is 14.9. The second kappa shape index (κ2) is 6.21. The summed E-state index contributed by atoms with van der Waals surface area (Å²) >= 11 is 3.86. The van der Waals surface area contributed by atoms with Crippen molar-refractivity contribution in [1.29, 1.82) is 0 Å². The fraction of sp³-hybridized carbons (Fsp3) is 0.529. The van der Waals surface area contributed by atoms with E-state index in [-0.39, 0.29) is 5.54 Å². The van der Waals surface area contributed by atoms with Gasteiger partial charge in [-0.25, -0.2) is 0 Å². The first kappa shape index (κ1) is 15.2. The predicted molar refractivity (Wildman–Crippen MR) is 93.0 cm³/mol. The van der Waals surface area contributed by atoms with Crippen LogP contribution in [0.3, 0.4) is 0 Å². The van der Waals surface area contributed by atoms with Gasteiger partial charge < -0.3 is 5.32 Å². The van der Waals surface area contributed by atoms with Crippen molar-refractivity contribution < 1.29 is 0 Å². The van der Waals surface area contributed by atoms with E-state index in [1.54, 1.807) is 4.88 Å². The molecule has 4 heteroatoms. The fourth-order valence-electron chi connectivity index (χ4n) is 2.62. The molecule has 3 heterocycles. The Labute approximate surface area is 135 Å². The summed E-state index contributed by atoms with van der Waals surface area (Å²) in [4.78, 5) is 7.09. The normalized spacial score (nSPS) is 16.1. The van der Waals surface area contributed by atoms with E-state index < -0.39 is 0 Å². The minimum Gasteiger partial charge on any atom is -0.307 e. The summed E-state index contributed by atoms with van der Waals surface area (Å²) < 4.78 is 0. The predicted octanol–water partition coefficient (Wildman–Crippen LogP) is 4.26. The number of nitrogens with one attached hydrogen (secondary N) is 1. The largest absolute Gasteiger partial charge is 0.307 e. The maximum atomic E-state index is 3.56. The van der Waals surface area contributed by atoms with Crippen LogP contribution in [-0.2, 0) is 26.1 Å². The maximum absolute atomic E-state index is 3.56. The fourth-order valence-corrected chi connectivity index (χ4v) is 4.51. The van der Waals surface area contributed by atoms with E-state index in [0.717, 1.165) is 19.6 Å². The SMILES string of the molecule is CC(C)(C)NCc1ccc(CN2CCc3sccc3C2)s1. The van der Waals surface area contributed by atoms with Gasteiger partial charge in [-0.1, -0.05) is 0 Å². The Hall–Kier alpha value is -0.680. The molecule has 0 aliphatic carbocycles. The van der Waals surface area contributed by atoms with Gasteiger partial charge >= 0.3 is 0 Å². The number of hydrogen-bond acceptors (Lipinski definition) is 4. The quantitative estimate of drug-likeness (QED) is 0.905. The first-order valence-electron chi connectivity index (χ1n) is 7.60. The Kier molecular flexibility index (Phi) is 4.50. The van der Waals surface area contributed by atoms with Crippen LogP contribution in [0.4, 0.5) is 0 Å². The summed E-state index contributed by atoms with van der Waals surface area (Å²) in [6.45, 7) is 11.0. The second-order valence-corrected chi connectivity index (χ2v) is 9.05. The van der Waals surface area contributed by atoms with Gasteiger partial charge in [0, 0.05) is 46.3 Å². The van der Waals surface area contributed by atoms with Gasteiger partial charge in [0.2, 0.25) is 0 Å². The van der Waals surface area contributed by atoms with E-state index in [1.165, 1.54) is 28.3 Å². The van der Waals surface area contributed by atoms with E-state index in [0.29, 0.717) is 0 Å². The molecule has 0 amide bonds. The summed E-state index contributed by atoms with van der Waals surface area (Å²) in [6, 6.07) is 6.87. The average molecular weight is 321 g/mol. The molecular weight excluding hydrogens is 296 g/mol. The first-order valence-corrected chi connectivity index (χ1v) is 9.29. The molecule has 0 saturated heterocycles. The molecule has 2 aromatic rings. The van der Waals surface area contributed by atoms with Crippen molar-refractivity contribution in [3.05, 3.63) is 43.8 Å². The smallest absolute Gasteiger partial charge is 0.0331 e. The molecule has 0 unspecified atom stereocenters. The molecule has 0 saturated carbocycles. The lowest BCUT2D eigenvalue weighted by atomic mass is 10.1. The molecule has 21 heavy (non-hydrogen) atoms. The molecule has 0 bridgehead atoms. The van der Waals surface area contributed by atoms with Gasteiger partial charge in [0.05, 0.1) is 0 Å². The van der Waals surface area contributed by atoms with Crippen molar-refractivity contribution in [2.24, 2.45) is 0 Å². The summed E-state index contributed by atoms with van der Waals surface area (Å²) in [6.07, 6.45) is 1.22. The number of hydrogen-bond donors (Lipinski definition) is 1. The van der Waals surface area contributed by atoms with E-state index >= 15 is 0 Å². The van der Waals surface area contributed by atoms with Gasteiger partial charge in [-0.3, -0.25) is 4.90 Å². The molecule has 0 radical (unpaired) electrons. The summed E-state index contributed by atoms with van der Waals surface area (Å²) in [5.74, 6) is 0. The zero-order valence-corrected chi connectivity index (χ0v) is 14.7. The van der Waals surface area contributed by atoms with E-state index in [9.17, 15) is 0 Å². The van der Waals surface area contributed by atoms with E-state index in [4.69, 9.17) is 0 Å². The highest BCUT2D eigenvalue weighted by Gasteiger charge is 2.18. The van der Waals surface area contributed by atoms with E-state index in [1.807, 2.05) is 22.7 Å². The molecule has 0 spiro atoms. The third-order valence-electron chi connectivity index (χ3n) is 3.78. The standard InChI is InChI=1S/C17H24N2S2/c1-17(2,3)18-10-14-4-5-15(21-14)12-19-8-6-16-13(11-19)7-9-20-16/h4-5,7,9,18H,6,8,10-12H2,1-3H3.